The number of hydrogen-bond acceptors (Lipinski definition) is 3. The predicted molar refractivity (Wildman–Crippen MR) is 103 cm³/mol. The van der Waals surface area contributed by atoms with Gasteiger partial charge in [0.2, 0.25) is 5.78 Å². The highest BCUT2D eigenvalue weighted by Gasteiger charge is 2.17. The van der Waals surface area contributed by atoms with Crippen LogP contribution in [0.2, 0.25) is 0 Å². The molecule has 0 bridgehead atoms. The molecule has 0 aromatic heterocycles. The molecule has 0 atom stereocenters. The first-order valence-corrected chi connectivity index (χ1v) is 9.05. The number of rotatable bonds is 3. The van der Waals surface area contributed by atoms with Crippen LogP contribution >= 0.6 is 0 Å². The van der Waals surface area contributed by atoms with E-state index in [1.165, 1.54) is 25.7 Å². The Morgan fingerprint density at radius 1 is 0.885 bits per heavy atom. The van der Waals surface area contributed by atoms with Crippen LogP contribution in [0.15, 0.2) is 54.7 Å². The number of benzene rings is 2. The Balaban J connectivity index is 0.000000167. The summed E-state index contributed by atoms with van der Waals surface area (Å²) in [6.07, 6.45) is 7.20. The predicted octanol–water partition coefficient (Wildman–Crippen LogP) is 3.14. The molecular formula is C22H24N2O2. The van der Waals surface area contributed by atoms with Gasteiger partial charge in [-0.2, -0.15) is 0 Å². The van der Waals surface area contributed by atoms with Gasteiger partial charge in [0.1, 0.15) is 0 Å². The summed E-state index contributed by atoms with van der Waals surface area (Å²) in [5.74, 6) is -1.45. The molecular weight excluding hydrogens is 324 g/mol. The topological polar surface area (TPSA) is 72.2 Å². The van der Waals surface area contributed by atoms with Crippen molar-refractivity contribution in [3.63, 3.8) is 0 Å². The molecule has 2 aromatic rings. The van der Waals surface area contributed by atoms with Crippen molar-refractivity contribution in [3.8, 4) is 0 Å². The number of aryl methyl sites for hydroxylation is 2. The highest BCUT2D eigenvalue weighted by Crippen LogP contribution is 2.25. The number of hydrogen-bond donors (Lipinski definition) is 2. The Kier molecular flexibility index (Phi) is 5.84. The lowest BCUT2D eigenvalue weighted by Gasteiger charge is -2.17. The lowest BCUT2D eigenvalue weighted by Crippen LogP contribution is -2.24. The zero-order chi connectivity index (χ0) is 18.4. The lowest BCUT2D eigenvalue weighted by molar-refractivity contribution is -0.135. The number of fused-ring (bicyclic) bond motifs is 2. The molecule has 1 aliphatic heterocycles. The van der Waals surface area contributed by atoms with Gasteiger partial charge in [-0.25, -0.2) is 0 Å². The molecule has 0 spiro atoms. The number of Topliss-reactive ketones (excluding diaryl/α,β-unsaturated/α-hetero) is 1. The number of nitrogens with two attached hydrogens (primary N) is 1. The first kappa shape index (κ1) is 17.9. The molecule has 1 aliphatic carbocycles. The molecule has 2 aromatic carbocycles. The molecule has 134 valence electrons. The third-order valence-electron chi connectivity index (χ3n) is 4.82. The van der Waals surface area contributed by atoms with Crippen LogP contribution in [0, 0.1) is 0 Å². The summed E-state index contributed by atoms with van der Waals surface area (Å²) in [5.41, 5.74) is 11.0. The zero-order valence-corrected chi connectivity index (χ0v) is 14.8. The number of ketones is 1. The Labute approximate surface area is 154 Å². The second kappa shape index (κ2) is 8.48. The van der Waals surface area contributed by atoms with Crippen molar-refractivity contribution in [2.75, 3.05) is 0 Å². The van der Waals surface area contributed by atoms with Gasteiger partial charge in [-0.05, 0) is 53.5 Å². The van der Waals surface area contributed by atoms with E-state index in [-0.39, 0.29) is 6.42 Å². The fourth-order valence-corrected chi connectivity index (χ4v) is 3.43. The number of amides is 1. The number of carbonyl (C=O) groups excluding carboxylic acids is 2. The van der Waals surface area contributed by atoms with E-state index in [1.54, 1.807) is 17.3 Å². The number of nitrogens with one attached hydrogen (secondary N) is 1. The first-order chi connectivity index (χ1) is 12.6. The fraction of sp³-hybridized carbons (Fsp3) is 0.273. The molecule has 26 heavy (non-hydrogen) atoms. The van der Waals surface area contributed by atoms with Crippen LogP contribution in [0.4, 0.5) is 0 Å². The van der Waals surface area contributed by atoms with E-state index in [4.69, 9.17) is 5.73 Å². The second-order valence-corrected chi connectivity index (χ2v) is 6.65. The highest BCUT2D eigenvalue weighted by atomic mass is 16.2. The smallest absolute Gasteiger partial charge is 0.285 e. The summed E-state index contributed by atoms with van der Waals surface area (Å²) in [5, 5.41) is 3.07. The van der Waals surface area contributed by atoms with E-state index >= 15 is 0 Å². The molecule has 0 saturated carbocycles. The van der Waals surface area contributed by atoms with Gasteiger partial charge in [0.05, 0.1) is 0 Å². The quantitative estimate of drug-likeness (QED) is 0.837. The third kappa shape index (κ3) is 4.39. The standard InChI is InChI=1S/C12H12N2O2.C10H12/c13-12(16)11(15)5-9-7-14-6-8-3-1-2-4-10(8)9;1-2-6-10-8-4-3-7-9(10)5-1/h1-4,7,14H,5-6H2,(H2,13,16);1-2,5-6H,3-4,7-8H2. The molecule has 4 nitrogen and oxygen atoms in total. The van der Waals surface area contributed by atoms with Crippen molar-refractivity contribution < 1.29 is 9.59 Å². The van der Waals surface area contributed by atoms with Crippen molar-refractivity contribution in [3.05, 3.63) is 77.0 Å². The monoisotopic (exact) mass is 348 g/mol. The number of primary amides is 1. The van der Waals surface area contributed by atoms with Crippen LogP contribution in [0.5, 0.6) is 0 Å². The Hall–Kier alpha value is -2.88. The number of carbonyl (C=O) groups is 2. The summed E-state index contributed by atoms with van der Waals surface area (Å²) < 4.78 is 0. The normalized spacial score (nSPS) is 14.5. The Morgan fingerprint density at radius 2 is 1.46 bits per heavy atom. The molecule has 4 heteroatoms. The zero-order valence-electron chi connectivity index (χ0n) is 14.8. The van der Waals surface area contributed by atoms with Gasteiger partial charge in [0.15, 0.2) is 0 Å². The first-order valence-electron chi connectivity index (χ1n) is 9.05. The summed E-state index contributed by atoms with van der Waals surface area (Å²) in [7, 11) is 0. The van der Waals surface area contributed by atoms with Gasteiger partial charge in [-0.3, -0.25) is 9.59 Å². The maximum atomic E-state index is 11.3. The molecule has 2 aliphatic rings. The van der Waals surface area contributed by atoms with Crippen LogP contribution in [-0.4, -0.2) is 11.7 Å². The summed E-state index contributed by atoms with van der Waals surface area (Å²) in [4.78, 5) is 22.0. The maximum absolute atomic E-state index is 11.3. The van der Waals surface area contributed by atoms with E-state index in [1.807, 2.05) is 24.3 Å². The largest absolute Gasteiger partial charge is 0.387 e. The number of allylic oxidation sites excluding steroid dienone is 1. The minimum absolute atomic E-state index is 0.0549. The molecule has 0 saturated heterocycles. The van der Waals surface area contributed by atoms with Crippen LogP contribution in [0.3, 0.4) is 0 Å². The fourth-order valence-electron chi connectivity index (χ4n) is 3.43. The van der Waals surface area contributed by atoms with Crippen LogP contribution < -0.4 is 11.1 Å². The second-order valence-electron chi connectivity index (χ2n) is 6.65. The molecule has 1 amide bonds. The Morgan fingerprint density at radius 3 is 2.08 bits per heavy atom. The molecule has 4 rings (SSSR count). The molecule has 0 radical (unpaired) electrons. The summed E-state index contributed by atoms with van der Waals surface area (Å²) in [6, 6.07) is 16.6. The van der Waals surface area contributed by atoms with E-state index < -0.39 is 11.7 Å². The van der Waals surface area contributed by atoms with Gasteiger partial charge in [-0.15, -0.1) is 0 Å². The average Bonchev–Trinajstić information content (AvgIpc) is 2.69. The van der Waals surface area contributed by atoms with E-state index in [2.05, 4.69) is 29.6 Å². The van der Waals surface area contributed by atoms with E-state index in [9.17, 15) is 9.59 Å². The van der Waals surface area contributed by atoms with Gasteiger partial charge in [-0.1, -0.05) is 48.5 Å². The van der Waals surface area contributed by atoms with E-state index in [0.717, 1.165) is 23.2 Å². The van der Waals surface area contributed by atoms with Gasteiger partial charge in [0, 0.05) is 19.2 Å². The lowest BCUT2D eigenvalue weighted by atomic mass is 9.92. The van der Waals surface area contributed by atoms with Crippen molar-refractivity contribution in [2.24, 2.45) is 5.73 Å². The van der Waals surface area contributed by atoms with Crippen LogP contribution in [0.25, 0.3) is 5.57 Å². The minimum Gasteiger partial charge on any atom is -0.387 e. The minimum atomic E-state index is -0.885. The maximum Gasteiger partial charge on any atom is 0.285 e. The van der Waals surface area contributed by atoms with Gasteiger partial charge < -0.3 is 11.1 Å². The SMILES string of the molecule is NC(=O)C(=O)CC1=CNCc2ccccc21.c1ccc2c(c1)CCCC2. The summed E-state index contributed by atoms with van der Waals surface area (Å²) >= 11 is 0. The van der Waals surface area contributed by atoms with Gasteiger partial charge >= 0.3 is 0 Å². The van der Waals surface area contributed by atoms with Crippen molar-refractivity contribution in [1.29, 1.82) is 0 Å². The molecule has 3 N–H and O–H groups in total. The summed E-state index contributed by atoms with van der Waals surface area (Å²) in [6.45, 7) is 0.741. The molecule has 0 unspecified atom stereocenters. The van der Waals surface area contributed by atoms with E-state index in [0.29, 0.717) is 0 Å². The Bertz CT molecular complexity index is 815. The van der Waals surface area contributed by atoms with Crippen LogP contribution in [0.1, 0.15) is 41.5 Å². The van der Waals surface area contributed by atoms with Crippen molar-refractivity contribution in [2.45, 2.75) is 38.6 Å². The van der Waals surface area contributed by atoms with Crippen molar-refractivity contribution in [1.82, 2.24) is 5.32 Å². The van der Waals surface area contributed by atoms with Crippen molar-refractivity contribution >= 4 is 17.3 Å². The third-order valence-corrected chi connectivity index (χ3v) is 4.82. The highest BCUT2D eigenvalue weighted by molar-refractivity contribution is 6.37. The van der Waals surface area contributed by atoms with Crippen LogP contribution in [-0.2, 0) is 29.0 Å². The molecule has 0 fully saturated rings. The molecule has 1 heterocycles. The van der Waals surface area contributed by atoms with Gasteiger partial charge in [0.25, 0.3) is 5.91 Å². The average molecular weight is 348 g/mol.